The second kappa shape index (κ2) is 5.76. The van der Waals surface area contributed by atoms with Crippen molar-refractivity contribution in [1.82, 2.24) is 4.90 Å². The summed E-state index contributed by atoms with van der Waals surface area (Å²) in [5.41, 5.74) is 1.99. The van der Waals surface area contributed by atoms with Crippen molar-refractivity contribution in [3.8, 4) is 0 Å². The van der Waals surface area contributed by atoms with E-state index in [-0.39, 0.29) is 10.2 Å². The first kappa shape index (κ1) is 14.7. The molecule has 1 fully saturated rings. The molecule has 0 aromatic heterocycles. The predicted octanol–water partition coefficient (Wildman–Crippen LogP) is 2.67. The van der Waals surface area contributed by atoms with Crippen LogP contribution in [0.3, 0.4) is 0 Å². The highest BCUT2D eigenvalue weighted by Gasteiger charge is 2.38. The molecule has 2 rings (SSSR count). The molecule has 0 aliphatic carbocycles. The second-order valence-corrected chi connectivity index (χ2v) is 6.16. The normalized spacial score (nSPS) is 18.7. The molecule has 1 aliphatic heterocycles. The first-order valence-corrected chi connectivity index (χ1v) is 7.19. The predicted molar refractivity (Wildman–Crippen MR) is 83.3 cm³/mol. The number of rotatable bonds is 3. The summed E-state index contributed by atoms with van der Waals surface area (Å²) in [4.78, 5) is 24.8. The van der Waals surface area contributed by atoms with E-state index in [1.54, 1.807) is 6.08 Å². The summed E-state index contributed by atoms with van der Waals surface area (Å²) in [5.74, 6) is -1.42. The van der Waals surface area contributed by atoms with Crippen LogP contribution in [-0.2, 0) is 9.59 Å². The zero-order valence-corrected chi connectivity index (χ0v) is 12.6. The third-order valence-corrected chi connectivity index (χ3v) is 4.24. The lowest BCUT2D eigenvalue weighted by Gasteiger charge is -2.18. The number of thiocarbonyl (C=S) groups is 1. The van der Waals surface area contributed by atoms with Crippen molar-refractivity contribution in [3.63, 3.8) is 0 Å². The van der Waals surface area contributed by atoms with Crippen LogP contribution in [0, 0.1) is 6.92 Å². The van der Waals surface area contributed by atoms with E-state index < -0.39 is 12.0 Å². The lowest BCUT2D eigenvalue weighted by molar-refractivity contribution is -0.144. The summed E-state index contributed by atoms with van der Waals surface area (Å²) in [6, 6.07) is 6.76. The van der Waals surface area contributed by atoms with E-state index in [0.717, 1.165) is 27.8 Å². The number of carbonyl (C=O) groups is 2. The number of aliphatic carboxylic acids is 1. The number of aryl methyl sites for hydroxylation is 1. The van der Waals surface area contributed by atoms with Crippen LogP contribution in [0.2, 0.25) is 0 Å². The number of carboxylic acids is 1. The molecular weight excluding hydrogens is 294 g/mol. The Hall–Kier alpha value is -1.66. The maximum atomic E-state index is 12.2. The number of amides is 1. The molecule has 1 atom stereocenters. The van der Waals surface area contributed by atoms with E-state index in [1.807, 2.05) is 31.2 Å². The van der Waals surface area contributed by atoms with Crippen LogP contribution in [0.5, 0.6) is 0 Å². The Morgan fingerprint density at radius 2 is 2.20 bits per heavy atom. The zero-order valence-electron chi connectivity index (χ0n) is 11.0. The molecule has 1 unspecified atom stereocenters. The fraction of sp³-hybridized carbons (Fsp3) is 0.214. The molecule has 1 aliphatic rings. The largest absolute Gasteiger partial charge is 0.480 e. The minimum atomic E-state index is -1.07. The van der Waals surface area contributed by atoms with Crippen molar-refractivity contribution in [2.24, 2.45) is 0 Å². The maximum absolute atomic E-state index is 12.2. The van der Waals surface area contributed by atoms with Crippen molar-refractivity contribution in [3.05, 3.63) is 40.3 Å². The fourth-order valence-electron chi connectivity index (χ4n) is 1.84. The molecule has 0 radical (unpaired) electrons. The first-order chi connectivity index (χ1) is 9.40. The summed E-state index contributed by atoms with van der Waals surface area (Å²) in [6.45, 7) is 3.41. The number of hydrogen-bond acceptors (Lipinski definition) is 4. The summed E-state index contributed by atoms with van der Waals surface area (Å²) >= 11 is 6.23. The fourth-order valence-corrected chi connectivity index (χ4v) is 3.25. The van der Waals surface area contributed by atoms with Crippen molar-refractivity contribution < 1.29 is 14.7 Å². The van der Waals surface area contributed by atoms with E-state index in [9.17, 15) is 9.59 Å². The molecule has 0 saturated carbocycles. The highest BCUT2D eigenvalue weighted by molar-refractivity contribution is 8.26. The van der Waals surface area contributed by atoms with E-state index >= 15 is 0 Å². The van der Waals surface area contributed by atoms with Gasteiger partial charge in [0.2, 0.25) is 0 Å². The molecule has 1 aromatic carbocycles. The lowest BCUT2D eigenvalue weighted by Crippen LogP contribution is -2.41. The summed E-state index contributed by atoms with van der Waals surface area (Å²) in [7, 11) is 0. The summed E-state index contributed by atoms with van der Waals surface area (Å²) in [5, 5.41) is 9.01. The van der Waals surface area contributed by atoms with Gasteiger partial charge >= 0.3 is 5.97 Å². The van der Waals surface area contributed by atoms with Crippen LogP contribution in [0.25, 0.3) is 6.08 Å². The molecule has 4 nitrogen and oxygen atoms in total. The lowest BCUT2D eigenvalue weighted by atomic mass is 10.1. The number of nitrogens with zero attached hydrogens (tertiary/aromatic N) is 1. The minimum absolute atomic E-state index is 0.281. The molecule has 104 valence electrons. The van der Waals surface area contributed by atoms with Gasteiger partial charge in [-0.2, -0.15) is 0 Å². The van der Waals surface area contributed by atoms with Crippen molar-refractivity contribution in [2.75, 3.05) is 0 Å². The molecule has 1 amide bonds. The number of hydrogen-bond donors (Lipinski definition) is 1. The van der Waals surface area contributed by atoms with Crippen molar-refractivity contribution in [2.45, 2.75) is 19.9 Å². The highest BCUT2D eigenvalue weighted by atomic mass is 32.2. The maximum Gasteiger partial charge on any atom is 0.326 e. The Morgan fingerprint density at radius 3 is 2.80 bits per heavy atom. The molecule has 1 aromatic rings. The van der Waals surface area contributed by atoms with Gasteiger partial charge in [0.15, 0.2) is 0 Å². The summed E-state index contributed by atoms with van der Waals surface area (Å²) < 4.78 is 0.281. The van der Waals surface area contributed by atoms with Gasteiger partial charge in [0.05, 0.1) is 4.91 Å². The molecule has 1 N–H and O–H groups in total. The molecule has 1 saturated heterocycles. The molecule has 6 heteroatoms. The van der Waals surface area contributed by atoms with Gasteiger partial charge in [0.25, 0.3) is 5.91 Å². The number of carboxylic acid groups (broad SMARTS) is 1. The smallest absolute Gasteiger partial charge is 0.326 e. The molecular formula is C14H13NO3S2. The number of carbonyl (C=O) groups excluding carboxylic acids is 1. The zero-order chi connectivity index (χ0) is 14.9. The van der Waals surface area contributed by atoms with Crippen molar-refractivity contribution >= 4 is 46.3 Å². The van der Waals surface area contributed by atoms with E-state index in [0.29, 0.717) is 4.91 Å². The SMILES string of the molecule is Cc1cccc(/C=C2\SC(=S)N(C(C)C(=O)O)C2=O)c1. The van der Waals surface area contributed by atoms with E-state index in [1.165, 1.54) is 6.92 Å². The van der Waals surface area contributed by atoms with Crippen LogP contribution in [0.1, 0.15) is 18.1 Å². The van der Waals surface area contributed by atoms with E-state index in [2.05, 4.69) is 0 Å². The number of thioether (sulfide) groups is 1. The standard InChI is InChI=1S/C14H13NO3S2/c1-8-4-3-5-10(6-8)7-11-12(16)15(14(19)20-11)9(2)13(17)18/h3-7,9H,1-2H3,(H,17,18)/b11-7-. The van der Waals surface area contributed by atoms with Crippen LogP contribution in [0.4, 0.5) is 0 Å². The molecule has 20 heavy (non-hydrogen) atoms. The molecule has 0 bridgehead atoms. The highest BCUT2D eigenvalue weighted by Crippen LogP contribution is 2.33. The van der Waals surface area contributed by atoms with Gasteiger partial charge in [-0.1, -0.05) is 53.8 Å². The van der Waals surface area contributed by atoms with Crippen LogP contribution < -0.4 is 0 Å². The van der Waals surface area contributed by atoms with Crippen LogP contribution in [0.15, 0.2) is 29.2 Å². The van der Waals surface area contributed by atoms with Crippen LogP contribution in [-0.4, -0.2) is 32.2 Å². The first-order valence-electron chi connectivity index (χ1n) is 5.96. The van der Waals surface area contributed by atoms with Crippen LogP contribution >= 0.6 is 24.0 Å². The molecule has 0 spiro atoms. The Morgan fingerprint density at radius 1 is 1.50 bits per heavy atom. The Kier molecular flexibility index (Phi) is 4.25. The quantitative estimate of drug-likeness (QED) is 0.687. The third-order valence-electron chi connectivity index (χ3n) is 2.91. The van der Waals surface area contributed by atoms with Gasteiger partial charge in [0.1, 0.15) is 10.4 Å². The van der Waals surface area contributed by atoms with E-state index in [4.69, 9.17) is 17.3 Å². The topological polar surface area (TPSA) is 57.6 Å². The average molecular weight is 307 g/mol. The Balaban J connectivity index is 2.30. The molecule has 1 heterocycles. The summed E-state index contributed by atoms with van der Waals surface area (Å²) in [6.07, 6.45) is 1.74. The Bertz CT molecular complexity index is 625. The average Bonchev–Trinajstić information content (AvgIpc) is 2.63. The van der Waals surface area contributed by atoms with Gasteiger partial charge in [-0.15, -0.1) is 0 Å². The second-order valence-electron chi connectivity index (χ2n) is 4.48. The van der Waals surface area contributed by atoms with Crippen molar-refractivity contribution in [1.29, 1.82) is 0 Å². The van der Waals surface area contributed by atoms with Gasteiger partial charge in [-0.05, 0) is 25.5 Å². The monoisotopic (exact) mass is 307 g/mol. The van der Waals surface area contributed by atoms with Gasteiger partial charge in [-0.3, -0.25) is 9.69 Å². The van der Waals surface area contributed by atoms with Gasteiger partial charge in [-0.25, -0.2) is 4.79 Å². The number of benzene rings is 1. The van der Waals surface area contributed by atoms with Gasteiger partial charge in [0, 0.05) is 0 Å². The minimum Gasteiger partial charge on any atom is -0.480 e. The van der Waals surface area contributed by atoms with Gasteiger partial charge < -0.3 is 5.11 Å². The third kappa shape index (κ3) is 2.91. The Labute approximate surface area is 126 Å².